The first kappa shape index (κ1) is 24.1. The highest BCUT2D eigenvalue weighted by Crippen LogP contribution is 2.21. The lowest BCUT2D eigenvalue weighted by atomic mass is 10.1. The van der Waals surface area contributed by atoms with Gasteiger partial charge in [0.05, 0.1) is 25.3 Å². The fourth-order valence-corrected chi connectivity index (χ4v) is 3.92. The topological polar surface area (TPSA) is 98.1 Å². The molecule has 3 aromatic rings. The van der Waals surface area contributed by atoms with Gasteiger partial charge in [-0.25, -0.2) is 0 Å². The van der Waals surface area contributed by atoms with Gasteiger partial charge in [0.2, 0.25) is 11.8 Å². The molecule has 0 aliphatic carbocycles. The lowest BCUT2D eigenvalue weighted by Gasteiger charge is -2.15. The predicted molar refractivity (Wildman–Crippen MR) is 129 cm³/mol. The van der Waals surface area contributed by atoms with E-state index in [2.05, 4.69) is 27.4 Å². The van der Waals surface area contributed by atoms with Crippen LogP contribution in [0.4, 0.5) is 5.69 Å². The van der Waals surface area contributed by atoms with E-state index in [1.165, 1.54) is 11.8 Å². The number of hydrogen-bond donors (Lipinski definition) is 2. The molecule has 0 aliphatic heterocycles. The number of thioether (sulfide) groups is 1. The lowest BCUT2D eigenvalue weighted by molar-refractivity contribution is -0.121. The summed E-state index contributed by atoms with van der Waals surface area (Å²) in [5.74, 6) is 1.26. The Balaban J connectivity index is 1.60. The zero-order valence-corrected chi connectivity index (χ0v) is 19.5. The molecular weight excluding hydrogens is 438 g/mol. The molecule has 1 unspecified atom stereocenters. The third-order valence-electron chi connectivity index (χ3n) is 4.74. The van der Waals surface area contributed by atoms with Gasteiger partial charge in [0, 0.05) is 12.2 Å². The zero-order valence-electron chi connectivity index (χ0n) is 18.7. The third-order valence-corrected chi connectivity index (χ3v) is 5.70. The van der Waals surface area contributed by atoms with Gasteiger partial charge in [-0.05, 0) is 36.8 Å². The fourth-order valence-electron chi connectivity index (χ4n) is 3.16. The standard InChI is InChI=1S/C24H27N5O3S/c1-4-14-29-23(17(2)25-21(30)15-18-10-12-20(32-3)13-11-18)27-28-24(29)33-16-22(31)26-19-8-6-5-7-9-19/h4-13,17H,1,14-16H2,2-3H3,(H,25,30)(H,26,31). The second-order valence-electron chi connectivity index (χ2n) is 7.26. The van der Waals surface area contributed by atoms with Gasteiger partial charge in [-0.3, -0.25) is 9.59 Å². The maximum Gasteiger partial charge on any atom is 0.234 e. The highest BCUT2D eigenvalue weighted by atomic mass is 32.2. The van der Waals surface area contributed by atoms with E-state index in [1.54, 1.807) is 13.2 Å². The Kier molecular flexibility index (Phi) is 8.65. The number of benzene rings is 2. The van der Waals surface area contributed by atoms with E-state index < -0.39 is 0 Å². The maximum absolute atomic E-state index is 12.5. The number of amides is 2. The summed E-state index contributed by atoms with van der Waals surface area (Å²) in [6, 6.07) is 16.3. The molecule has 1 aromatic heterocycles. The molecule has 8 nitrogen and oxygen atoms in total. The Morgan fingerprint density at radius 3 is 2.52 bits per heavy atom. The molecule has 2 aromatic carbocycles. The summed E-state index contributed by atoms with van der Waals surface area (Å²) in [5.41, 5.74) is 1.62. The highest BCUT2D eigenvalue weighted by Gasteiger charge is 2.20. The van der Waals surface area contributed by atoms with E-state index >= 15 is 0 Å². The number of methoxy groups -OCH3 is 1. The molecule has 1 atom stereocenters. The molecule has 2 amide bonds. The Hall–Kier alpha value is -3.59. The molecule has 172 valence electrons. The Labute approximate surface area is 197 Å². The lowest BCUT2D eigenvalue weighted by Crippen LogP contribution is -2.30. The smallest absolute Gasteiger partial charge is 0.234 e. The Morgan fingerprint density at radius 2 is 1.85 bits per heavy atom. The van der Waals surface area contributed by atoms with Crippen molar-refractivity contribution < 1.29 is 14.3 Å². The minimum absolute atomic E-state index is 0.128. The van der Waals surface area contributed by atoms with E-state index in [0.29, 0.717) is 17.5 Å². The molecule has 2 N–H and O–H groups in total. The number of carbonyl (C=O) groups excluding carboxylic acids is 2. The van der Waals surface area contributed by atoms with Gasteiger partial charge >= 0.3 is 0 Å². The van der Waals surface area contributed by atoms with E-state index in [0.717, 1.165) is 17.0 Å². The van der Waals surface area contributed by atoms with E-state index in [4.69, 9.17) is 4.74 Å². The quantitative estimate of drug-likeness (QED) is 0.332. The van der Waals surface area contributed by atoms with Gasteiger partial charge in [-0.2, -0.15) is 0 Å². The van der Waals surface area contributed by atoms with Crippen molar-refractivity contribution >= 4 is 29.3 Å². The number of para-hydroxylation sites is 1. The van der Waals surface area contributed by atoms with Crippen LogP contribution in [0.1, 0.15) is 24.4 Å². The van der Waals surface area contributed by atoms with Crippen molar-refractivity contribution in [3.05, 3.63) is 78.6 Å². The second-order valence-corrected chi connectivity index (χ2v) is 8.20. The van der Waals surface area contributed by atoms with Crippen LogP contribution in [0.15, 0.2) is 72.4 Å². The highest BCUT2D eigenvalue weighted by molar-refractivity contribution is 7.99. The van der Waals surface area contributed by atoms with Crippen molar-refractivity contribution in [2.45, 2.75) is 31.1 Å². The van der Waals surface area contributed by atoms with Crippen molar-refractivity contribution in [1.82, 2.24) is 20.1 Å². The molecule has 0 spiro atoms. The first-order chi connectivity index (χ1) is 16.0. The van der Waals surface area contributed by atoms with Crippen molar-refractivity contribution in [3.8, 4) is 5.75 Å². The zero-order chi connectivity index (χ0) is 23.6. The van der Waals surface area contributed by atoms with Crippen LogP contribution in [0.5, 0.6) is 5.75 Å². The van der Waals surface area contributed by atoms with Crippen LogP contribution >= 0.6 is 11.8 Å². The summed E-state index contributed by atoms with van der Waals surface area (Å²) in [5, 5.41) is 14.9. The minimum Gasteiger partial charge on any atom is -0.497 e. The normalized spacial score (nSPS) is 11.5. The average molecular weight is 466 g/mol. The Bertz CT molecular complexity index is 1080. The first-order valence-corrected chi connectivity index (χ1v) is 11.4. The summed E-state index contributed by atoms with van der Waals surface area (Å²) in [6.45, 7) is 6.11. The van der Waals surface area contributed by atoms with Gasteiger partial charge in [-0.15, -0.1) is 16.8 Å². The number of allylic oxidation sites excluding steroid dienone is 1. The number of rotatable bonds is 11. The van der Waals surface area contributed by atoms with Crippen molar-refractivity contribution in [1.29, 1.82) is 0 Å². The summed E-state index contributed by atoms with van der Waals surface area (Å²) < 4.78 is 7.00. The third kappa shape index (κ3) is 6.95. The fraction of sp³-hybridized carbons (Fsp3) is 0.250. The van der Waals surface area contributed by atoms with Gasteiger partial charge < -0.3 is 19.9 Å². The van der Waals surface area contributed by atoms with Gasteiger partial charge in [0.25, 0.3) is 0 Å². The number of nitrogens with zero attached hydrogens (tertiary/aromatic N) is 3. The van der Waals surface area contributed by atoms with Crippen molar-refractivity contribution in [3.63, 3.8) is 0 Å². The van der Waals surface area contributed by atoms with Crippen LogP contribution in [-0.4, -0.2) is 39.4 Å². The SMILES string of the molecule is C=CCn1c(SCC(=O)Nc2ccccc2)nnc1C(C)NC(=O)Cc1ccc(OC)cc1. The molecule has 33 heavy (non-hydrogen) atoms. The molecule has 0 saturated carbocycles. The largest absolute Gasteiger partial charge is 0.497 e. The molecule has 1 heterocycles. The summed E-state index contributed by atoms with van der Waals surface area (Å²) in [4.78, 5) is 24.8. The number of nitrogens with one attached hydrogen (secondary N) is 2. The number of ether oxygens (including phenoxy) is 1. The molecule has 0 saturated heterocycles. The minimum atomic E-state index is -0.365. The van der Waals surface area contributed by atoms with Crippen molar-refractivity contribution in [2.75, 3.05) is 18.2 Å². The number of hydrogen-bond acceptors (Lipinski definition) is 6. The van der Waals surface area contributed by atoms with E-state index in [9.17, 15) is 9.59 Å². The molecule has 0 aliphatic rings. The predicted octanol–water partition coefficient (Wildman–Crippen LogP) is 3.62. The number of aromatic nitrogens is 3. The van der Waals surface area contributed by atoms with Crippen LogP contribution in [0.3, 0.4) is 0 Å². The average Bonchev–Trinajstić information content (AvgIpc) is 3.22. The summed E-state index contributed by atoms with van der Waals surface area (Å²) in [7, 11) is 1.60. The van der Waals surface area contributed by atoms with Crippen LogP contribution in [0.2, 0.25) is 0 Å². The number of carbonyl (C=O) groups is 2. The Morgan fingerprint density at radius 1 is 1.12 bits per heavy atom. The van der Waals surface area contributed by atoms with Crippen LogP contribution in [-0.2, 0) is 22.6 Å². The van der Waals surface area contributed by atoms with Gasteiger partial charge in [-0.1, -0.05) is 48.2 Å². The monoisotopic (exact) mass is 465 g/mol. The molecular formula is C24H27N5O3S. The van der Waals surface area contributed by atoms with Gasteiger partial charge in [0.1, 0.15) is 5.75 Å². The van der Waals surface area contributed by atoms with Crippen LogP contribution in [0, 0.1) is 0 Å². The van der Waals surface area contributed by atoms with Gasteiger partial charge in [0.15, 0.2) is 11.0 Å². The molecule has 3 rings (SSSR count). The maximum atomic E-state index is 12.5. The number of anilines is 1. The second kappa shape index (κ2) is 11.9. The first-order valence-electron chi connectivity index (χ1n) is 10.4. The molecule has 0 bridgehead atoms. The van der Waals surface area contributed by atoms with E-state index in [-0.39, 0.29) is 30.0 Å². The molecule has 0 radical (unpaired) electrons. The van der Waals surface area contributed by atoms with Crippen molar-refractivity contribution in [2.24, 2.45) is 0 Å². The van der Waals surface area contributed by atoms with Crippen LogP contribution in [0.25, 0.3) is 0 Å². The molecule has 0 fully saturated rings. The summed E-state index contributed by atoms with van der Waals surface area (Å²) in [6.07, 6.45) is 1.97. The summed E-state index contributed by atoms with van der Waals surface area (Å²) >= 11 is 1.28. The van der Waals surface area contributed by atoms with E-state index in [1.807, 2.05) is 66.1 Å². The van der Waals surface area contributed by atoms with Crippen LogP contribution < -0.4 is 15.4 Å². The molecule has 9 heteroatoms.